The predicted octanol–water partition coefficient (Wildman–Crippen LogP) is 1.63. The van der Waals surface area contributed by atoms with Crippen LogP contribution < -0.4 is 15.0 Å². The Hall–Kier alpha value is -1.26. The quantitative estimate of drug-likeness (QED) is 0.867. The topological polar surface area (TPSA) is 44.7 Å². The summed E-state index contributed by atoms with van der Waals surface area (Å²) in [5, 5.41) is 13.0. The van der Waals surface area contributed by atoms with Gasteiger partial charge in [-0.2, -0.15) is 0 Å². The first-order chi connectivity index (χ1) is 9.26. The summed E-state index contributed by atoms with van der Waals surface area (Å²) in [5.41, 5.74) is 1.15. The van der Waals surface area contributed by atoms with Crippen molar-refractivity contribution >= 4 is 5.69 Å². The third-order valence-electron chi connectivity index (χ3n) is 3.64. The van der Waals surface area contributed by atoms with Gasteiger partial charge in [0.15, 0.2) is 0 Å². The van der Waals surface area contributed by atoms with Crippen LogP contribution in [-0.2, 0) is 0 Å². The largest absolute Gasteiger partial charge is 0.494 e. The molecule has 1 aliphatic rings. The van der Waals surface area contributed by atoms with Crippen LogP contribution in [0.1, 0.15) is 20.3 Å². The fraction of sp³-hybridized carbons (Fsp3) is 0.600. The van der Waals surface area contributed by atoms with Crippen molar-refractivity contribution < 1.29 is 9.84 Å². The summed E-state index contributed by atoms with van der Waals surface area (Å²) >= 11 is 0. The molecule has 1 aliphatic heterocycles. The number of ether oxygens (including phenoxy) is 1. The monoisotopic (exact) mass is 264 g/mol. The number of anilines is 1. The van der Waals surface area contributed by atoms with Gasteiger partial charge in [-0.1, -0.05) is 0 Å². The molecule has 1 heterocycles. The van der Waals surface area contributed by atoms with Crippen LogP contribution in [0.25, 0.3) is 0 Å². The van der Waals surface area contributed by atoms with Gasteiger partial charge in [-0.25, -0.2) is 0 Å². The molecule has 1 fully saturated rings. The van der Waals surface area contributed by atoms with Crippen molar-refractivity contribution in [2.75, 3.05) is 31.2 Å². The Balaban J connectivity index is 2.19. The summed E-state index contributed by atoms with van der Waals surface area (Å²) in [4.78, 5) is 2.32. The zero-order valence-electron chi connectivity index (χ0n) is 11.8. The van der Waals surface area contributed by atoms with Crippen LogP contribution in [0.3, 0.4) is 0 Å². The number of nitrogens with one attached hydrogen (secondary N) is 1. The number of aliphatic hydroxyl groups is 1. The highest BCUT2D eigenvalue weighted by Crippen LogP contribution is 2.25. The molecule has 2 atom stereocenters. The molecule has 1 aromatic rings. The molecule has 106 valence electrons. The average molecular weight is 264 g/mol. The van der Waals surface area contributed by atoms with E-state index < -0.39 is 0 Å². The standard InChI is InChI=1S/C15H24N2O2/c1-3-19-15-6-4-13(5-7-15)17-12(2)8-9-16-10-14(17)11-18/h4-7,12,14,16,18H,3,8-11H2,1-2H3. The van der Waals surface area contributed by atoms with Crippen LogP contribution in [0.4, 0.5) is 5.69 Å². The van der Waals surface area contributed by atoms with E-state index in [1.54, 1.807) is 0 Å². The third kappa shape index (κ3) is 3.39. The van der Waals surface area contributed by atoms with Gasteiger partial charge >= 0.3 is 0 Å². The zero-order chi connectivity index (χ0) is 13.7. The molecule has 1 aromatic carbocycles. The van der Waals surface area contributed by atoms with Crippen molar-refractivity contribution in [3.05, 3.63) is 24.3 Å². The summed E-state index contributed by atoms with van der Waals surface area (Å²) < 4.78 is 5.47. The third-order valence-corrected chi connectivity index (χ3v) is 3.64. The molecule has 4 heteroatoms. The van der Waals surface area contributed by atoms with Crippen molar-refractivity contribution in [1.29, 1.82) is 0 Å². The Labute approximate surface area is 115 Å². The average Bonchev–Trinajstić information content (AvgIpc) is 2.61. The predicted molar refractivity (Wildman–Crippen MR) is 77.9 cm³/mol. The molecule has 0 saturated carbocycles. The first kappa shape index (κ1) is 14.2. The van der Waals surface area contributed by atoms with E-state index >= 15 is 0 Å². The minimum Gasteiger partial charge on any atom is -0.494 e. The molecule has 0 bridgehead atoms. The van der Waals surface area contributed by atoms with Gasteiger partial charge in [0.2, 0.25) is 0 Å². The highest BCUT2D eigenvalue weighted by atomic mass is 16.5. The Bertz CT molecular complexity index is 380. The van der Waals surface area contributed by atoms with Crippen molar-refractivity contribution in [2.24, 2.45) is 0 Å². The second-order valence-electron chi connectivity index (χ2n) is 5.01. The van der Waals surface area contributed by atoms with E-state index in [1.165, 1.54) is 0 Å². The van der Waals surface area contributed by atoms with Crippen molar-refractivity contribution in [3.63, 3.8) is 0 Å². The summed E-state index contributed by atoms with van der Waals surface area (Å²) in [6, 6.07) is 8.71. The molecule has 19 heavy (non-hydrogen) atoms. The van der Waals surface area contributed by atoms with Crippen molar-refractivity contribution in [2.45, 2.75) is 32.4 Å². The van der Waals surface area contributed by atoms with E-state index in [2.05, 4.69) is 29.3 Å². The molecule has 0 aliphatic carbocycles. The van der Waals surface area contributed by atoms with Crippen LogP contribution in [-0.4, -0.2) is 43.5 Å². The second kappa shape index (κ2) is 6.78. The lowest BCUT2D eigenvalue weighted by molar-refractivity contribution is 0.255. The number of hydrogen-bond donors (Lipinski definition) is 2. The molecule has 0 amide bonds. The Morgan fingerprint density at radius 2 is 2.11 bits per heavy atom. The van der Waals surface area contributed by atoms with Crippen LogP contribution in [0.5, 0.6) is 5.75 Å². The van der Waals surface area contributed by atoms with Gasteiger partial charge in [0.1, 0.15) is 5.75 Å². The lowest BCUT2D eigenvalue weighted by atomic mass is 10.1. The van der Waals surface area contributed by atoms with Gasteiger partial charge in [0.05, 0.1) is 19.3 Å². The Kier molecular flexibility index (Phi) is 5.05. The maximum Gasteiger partial charge on any atom is 0.119 e. The Morgan fingerprint density at radius 3 is 2.74 bits per heavy atom. The molecule has 0 radical (unpaired) electrons. The Morgan fingerprint density at radius 1 is 1.37 bits per heavy atom. The normalized spacial score (nSPS) is 24.1. The molecule has 0 aromatic heterocycles. The van der Waals surface area contributed by atoms with E-state index in [0.717, 1.165) is 30.9 Å². The zero-order valence-corrected chi connectivity index (χ0v) is 11.8. The van der Waals surface area contributed by atoms with Crippen LogP contribution in [0.15, 0.2) is 24.3 Å². The lowest BCUT2D eigenvalue weighted by Crippen LogP contribution is -2.46. The highest BCUT2D eigenvalue weighted by molar-refractivity contribution is 5.51. The summed E-state index contributed by atoms with van der Waals surface area (Å²) in [6.07, 6.45) is 1.09. The lowest BCUT2D eigenvalue weighted by Gasteiger charge is -2.35. The van der Waals surface area contributed by atoms with Gasteiger partial charge in [-0.15, -0.1) is 0 Å². The van der Waals surface area contributed by atoms with E-state index in [1.807, 2.05) is 19.1 Å². The van der Waals surface area contributed by atoms with E-state index in [9.17, 15) is 5.11 Å². The molecule has 2 N–H and O–H groups in total. The van der Waals surface area contributed by atoms with Crippen molar-refractivity contribution in [3.8, 4) is 5.75 Å². The number of aliphatic hydroxyl groups excluding tert-OH is 1. The van der Waals surface area contributed by atoms with E-state index in [0.29, 0.717) is 12.6 Å². The smallest absolute Gasteiger partial charge is 0.119 e. The van der Waals surface area contributed by atoms with Gasteiger partial charge in [-0.3, -0.25) is 0 Å². The number of rotatable bonds is 4. The van der Waals surface area contributed by atoms with E-state index in [-0.39, 0.29) is 12.6 Å². The van der Waals surface area contributed by atoms with Gasteiger partial charge in [0.25, 0.3) is 0 Å². The molecule has 2 rings (SSSR count). The molecule has 0 spiro atoms. The van der Waals surface area contributed by atoms with Crippen molar-refractivity contribution in [1.82, 2.24) is 5.32 Å². The van der Waals surface area contributed by atoms with E-state index in [4.69, 9.17) is 4.74 Å². The molecular weight excluding hydrogens is 240 g/mol. The SMILES string of the molecule is CCOc1ccc(N2C(C)CCNCC2CO)cc1. The number of nitrogens with zero attached hydrogens (tertiary/aromatic N) is 1. The first-order valence-corrected chi connectivity index (χ1v) is 7.09. The number of hydrogen-bond acceptors (Lipinski definition) is 4. The van der Waals surface area contributed by atoms with Gasteiger partial charge in [0, 0.05) is 18.3 Å². The van der Waals surface area contributed by atoms with Crippen LogP contribution in [0, 0.1) is 0 Å². The fourth-order valence-electron chi connectivity index (χ4n) is 2.68. The van der Waals surface area contributed by atoms with Crippen LogP contribution >= 0.6 is 0 Å². The molecule has 4 nitrogen and oxygen atoms in total. The summed E-state index contributed by atoms with van der Waals surface area (Å²) in [5.74, 6) is 0.896. The van der Waals surface area contributed by atoms with Crippen LogP contribution in [0.2, 0.25) is 0 Å². The molecular formula is C15H24N2O2. The second-order valence-corrected chi connectivity index (χ2v) is 5.01. The molecule has 2 unspecified atom stereocenters. The van der Waals surface area contributed by atoms with Gasteiger partial charge in [-0.05, 0) is 51.1 Å². The minimum absolute atomic E-state index is 0.135. The molecule has 1 saturated heterocycles. The number of benzene rings is 1. The maximum absolute atomic E-state index is 9.60. The highest BCUT2D eigenvalue weighted by Gasteiger charge is 2.25. The summed E-state index contributed by atoms with van der Waals surface area (Å²) in [6.45, 7) is 6.89. The maximum atomic E-state index is 9.60. The van der Waals surface area contributed by atoms with Gasteiger partial charge < -0.3 is 20.1 Å². The minimum atomic E-state index is 0.135. The summed E-state index contributed by atoms with van der Waals surface area (Å²) in [7, 11) is 0. The fourth-order valence-corrected chi connectivity index (χ4v) is 2.68. The first-order valence-electron chi connectivity index (χ1n) is 7.09.